The molecule has 0 aliphatic carbocycles. The predicted molar refractivity (Wildman–Crippen MR) is 103 cm³/mol. The van der Waals surface area contributed by atoms with Crippen molar-refractivity contribution < 1.29 is 0 Å². The van der Waals surface area contributed by atoms with E-state index < -0.39 is 0 Å². The molecule has 0 saturated heterocycles. The number of fused-ring (bicyclic) bond motifs is 3. The molecule has 0 atom stereocenters. The van der Waals surface area contributed by atoms with Gasteiger partial charge in [0.05, 0.1) is 5.52 Å². The van der Waals surface area contributed by atoms with Crippen LogP contribution in [0.1, 0.15) is 5.69 Å². The lowest BCUT2D eigenvalue weighted by Crippen LogP contribution is -2.22. The molecule has 4 nitrogen and oxygen atoms in total. The molecule has 0 unspecified atom stereocenters. The highest BCUT2D eigenvalue weighted by Crippen LogP contribution is 2.35. The third-order valence-electron chi connectivity index (χ3n) is 4.19. The summed E-state index contributed by atoms with van der Waals surface area (Å²) in [6.07, 6.45) is 2.73. The SMILES string of the molecule is CN(CCc1ccccn1)c1nc2cc(N)ccc2c2sccc12. The number of anilines is 2. The van der Waals surface area contributed by atoms with Crippen LogP contribution in [-0.4, -0.2) is 23.6 Å². The maximum atomic E-state index is 5.95. The normalized spacial score (nSPS) is 11.2. The van der Waals surface area contributed by atoms with Crippen LogP contribution in [-0.2, 0) is 6.42 Å². The molecule has 0 aliphatic rings. The summed E-state index contributed by atoms with van der Waals surface area (Å²) in [6, 6.07) is 14.1. The molecule has 0 radical (unpaired) electrons. The van der Waals surface area contributed by atoms with Crippen LogP contribution in [0.15, 0.2) is 54.0 Å². The minimum Gasteiger partial charge on any atom is -0.399 e. The number of nitrogen functional groups attached to an aromatic ring is 1. The van der Waals surface area contributed by atoms with E-state index in [4.69, 9.17) is 10.7 Å². The summed E-state index contributed by atoms with van der Waals surface area (Å²) in [7, 11) is 2.08. The van der Waals surface area contributed by atoms with E-state index in [1.165, 1.54) is 10.1 Å². The van der Waals surface area contributed by atoms with E-state index in [1.54, 1.807) is 11.3 Å². The van der Waals surface area contributed by atoms with Gasteiger partial charge in [-0.15, -0.1) is 11.3 Å². The zero-order chi connectivity index (χ0) is 16.5. The molecule has 4 rings (SSSR count). The van der Waals surface area contributed by atoms with E-state index >= 15 is 0 Å². The molecule has 0 spiro atoms. The summed E-state index contributed by atoms with van der Waals surface area (Å²) in [4.78, 5) is 11.5. The molecule has 5 heteroatoms. The molecule has 0 bridgehead atoms. The van der Waals surface area contributed by atoms with Crippen molar-refractivity contribution in [1.29, 1.82) is 0 Å². The van der Waals surface area contributed by atoms with E-state index in [1.807, 2.05) is 30.5 Å². The number of hydrogen-bond acceptors (Lipinski definition) is 5. The fraction of sp³-hybridized carbons (Fsp3) is 0.158. The fourth-order valence-corrected chi connectivity index (χ4v) is 3.85. The van der Waals surface area contributed by atoms with Gasteiger partial charge in [-0.05, 0) is 41.8 Å². The van der Waals surface area contributed by atoms with Crippen molar-refractivity contribution in [2.45, 2.75) is 6.42 Å². The zero-order valence-electron chi connectivity index (χ0n) is 13.4. The molecule has 3 aromatic heterocycles. The molecule has 0 aliphatic heterocycles. The molecule has 2 N–H and O–H groups in total. The topological polar surface area (TPSA) is 55.0 Å². The molecular weight excluding hydrogens is 316 g/mol. The molecular formula is C19H18N4S. The Morgan fingerprint density at radius 3 is 2.88 bits per heavy atom. The second kappa shape index (κ2) is 6.09. The van der Waals surface area contributed by atoms with Gasteiger partial charge in [-0.3, -0.25) is 4.98 Å². The predicted octanol–water partition coefficient (Wildman–Crippen LogP) is 4.11. The lowest BCUT2D eigenvalue weighted by molar-refractivity contribution is 0.845. The Kier molecular flexibility index (Phi) is 3.78. The van der Waals surface area contributed by atoms with E-state index in [2.05, 4.69) is 40.5 Å². The van der Waals surface area contributed by atoms with Crippen LogP contribution in [0.2, 0.25) is 0 Å². The van der Waals surface area contributed by atoms with Crippen molar-refractivity contribution in [2.75, 3.05) is 24.2 Å². The third kappa shape index (κ3) is 2.67. The van der Waals surface area contributed by atoms with Gasteiger partial charge in [0, 0.05) is 53.1 Å². The monoisotopic (exact) mass is 334 g/mol. The summed E-state index contributed by atoms with van der Waals surface area (Å²) < 4.78 is 1.26. The van der Waals surface area contributed by atoms with Gasteiger partial charge in [0.25, 0.3) is 0 Å². The summed E-state index contributed by atoms with van der Waals surface area (Å²) >= 11 is 1.75. The molecule has 1 aromatic carbocycles. The first kappa shape index (κ1) is 14.9. The number of aromatic nitrogens is 2. The van der Waals surface area contributed by atoms with Crippen molar-refractivity contribution in [3.63, 3.8) is 0 Å². The Morgan fingerprint density at radius 1 is 1.12 bits per heavy atom. The average Bonchev–Trinajstić information content (AvgIpc) is 3.09. The summed E-state index contributed by atoms with van der Waals surface area (Å²) in [5.74, 6) is 1.00. The van der Waals surface area contributed by atoms with Crippen LogP contribution in [0.3, 0.4) is 0 Å². The van der Waals surface area contributed by atoms with Crippen molar-refractivity contribution in [2.24, 2.45) is 0 Å². The lowest BCUT2D eigenvalue weighted by Gasteiger charge is -2.20. The van der Waals surface area contributed by atoms with Gasteiger partial charge in [-0.25, -0.2) is 4.98 Å². The Labute approximate surface area is 144 Å². The van der Waals surface area contributed by atoms with Crippen molar-refractivity contribution in [3.8, 4) is 0 Å². The minimum absolute atomic E-state index is 0.744. The maximum Gasteiger partial charge on any atom is 0.137 e. The first-order chi connectivity index (χ1) is 11.7. The number of rotatable bonds is 4. The highest BCUT2D eigenvalue weighted by atomic mass is 32.1. The standard InChI is InChI=1S/C19H18N4S/c1-23(10-7-14-4-2-3-9-21-14)19-16-8-11-24-18(16)15-6-5-13(20)12-17(15)22-19/h2-6,8-9,11-12H,7,10,20H2,1H3. The molecule has 120 valence electrons. The van der Waals surface area contributed by atoms with Crippen LogP contribution in [0, 0.1) is 0 Å². The summed E-state index contributed by atoms with van der Waals surface area (Å²) in [5, 5.41) is 4.48. The van der Waals surface area contributed by atoms with Crippen molar-refractivity contribution in [1.82, 2.24) is 9.97 Å². The number of benzene rings is 1. The first-order valence-corrected chi connectivity index (χ1v) is 8.78. The minimum atomic E-state index is 0.744. The lowest BCUT2D eigenvalue weighted by atomic mass is 10.1. The summed E-state index contributed by atoms with van der Waals surface area (Å²) in [6.45, 7) is 0.864. The van der Waals surface area contributed by atoms with E-state index in [9.17, 15) is 0 Å². The van der Waals surface area contributed by atoms with Gasteiger partial charge < -0.3 is 10.6 Å². The highest BCUT2D eigenvalue weighted by Gasteiger charge is 2.13. The number of hydrogen-bond donors (Lipinski definition) is 1. The molecule has 0 fully saturated rings. The quantitative estimate of drug-likeness (QED) is 0.571. The van der Waals surface area contributed by atoms with Crippen LogP contribution in [0.25, 0.3) is 21.0 Å². The third-order valence-corrected chi connectivity index (χ3v) is 5.14. The van der Waals surface area contributed by atoms with Gasteiger partial charge >= 0.3 is 0 Å². The zero-order valence-corrected chi connectivity index (χ0v) is 14.3. The number of thiophene rings is 1. The maximum absolute atomic E-state index is 5.95. The van der Waals surface area contributed by atoms with Gasteiger partial charge in [-0.1, -0.05) is 6.07 Å². The average molecular weight is 334 g/mol. The second-order valence-electron chi connectivity index (χ2n) is 5.87. The smallest absolute Gasteiger partial charge is 0.137 e. The van der Waals surface area contributed by atoms with E-state index in [0.29, 0.717) is 0 Å². The first-order valence-electron chi connectivity index (χ1n) is 7.90. The van der Waals surface area contributed by atoms with Crippen molar-refractivity contribution >= 4 is 43.8 Å². The molecule has 24 heavy (non-hydrogen) atoms. The Bertz CT molecular complexity index is 994. The number of nitrogens with two attached hydrogens (primary N) is 1. The van der Waals surface area contributed by atoms with Crippen molar-refractivity contribution in [3.05, 3.63) is 59.7 Å². The Hall–Kier alpha value is -2.66. The second-order valence-corrected chi connectivity index (χ2v) is 6.78. The fourth-order valence-electron chi connectivity index (χ4n) is 2.93. The number of nitrogens with zero attached hydrogens (tertiary/aromatic N) is 3. The van der Waals surface area contributed by atoms with Gasteiger partial charge in [0.1, 0.15) is 5.82 Å². The van der Waals surface area contributed by atoms with Crippen LogP contribution < -0.4 is 10.6 Å². The van der Waals surface area contributed by atoms with E-state index in [-0.39, 0.29) is 0 Å². The van der Waals surface area contributed by atoms with Gasteiger partial charge in [0.2, 0.25) is 0 Å². The Morgan fingerprint density at radius 2 is 2.04 bits per heavy atom. The molecule has 0 saturated carbocycles. The van der Waals surface area contributed by atoms with Crippen LogP contribution in [0.4, 0.5) is 11.5 Å². The molecule has 0 amide bonds. The number of likely N-dealkylation sites (N-methyl/N-ethyl adjacent to an activating group) is 1. The number of pyridine rings is 2. The Balaban J connectivity index is 1.72. The summed E-state index contributed by atoms with van der Waals surface area (Å²) in [5.41, 5.74) is 8.73. The molecule has 3 heterocycles. The van der Waals surface area contributed by atoms with Crippen LogP contribution in [0.5, 0.6) is 0 Å². The largest absolute Gasteiger partial charge is 0.399 e. The molecule has 4 aromatic rings. The van der Waals surface area contributed by atoms with Gasteiger partial charge in [0.15, 0.2) is 0 Å². The van der Waals surface area contributed by atoms with Gasteiger partial charge in [-0.2, -0.15) is 0 Å². The van der Waals surface area contributed by atoms with E-state index in [0.717, 1.165) is 41.1 Å². The highest BCUT2D eigenvalue weighted by molar-refractivity contribution is 7.18. The van der Waals surface area contributed by atoms with Crippen LogP contribution >= 0.6 is 11.3 Å².